The van der Waals surface area contributed by atoms with Crippen LogP contribution in [0.5, 0.6) is 0 Å². The molecule has 0 spiro atoms. The molecule has 1 atom stereocenters. The van der Waals surface area contributed by atoms with E-state index in [0.717, 1.165) is 11.9 Å². The Labute approximate surface area is 123 Å². The minimum absolute atomic E-state index is 0.0637. The molecule has 0 saturated heterocycles. The Bertz CT molecular complexity index is 630. The quantitative estimate of drug-likeness (QED) is 0.791. The van der Waals surface area contributed by atoms with Crippen LogP contribution in [0.2, 0.25) is 5.02 Å². The van der Waals surface area contributed by atoms with Gasteiger partial charge in [-0.25, -0.2) is 9.37 Å². The summed E-state index contributed by atoms with van der Waals surface area (Å²) in [5.74, 6) is 1.02. The lowest BCUT2D eigenvalue weighted by Gasteiger charge is -2.07. The number of imidazole rings is 1. The zero-order valence-corrected chi connectivity index (χ0v) is 12.7. The van der Waals surface area contributed by atoms with Crippen LogP contribution in [-0.4, -0.2) is 25.8 Å². The number of halogens is 3. The van der Waals surface area contributed by atoms with Crippen molar-refractivity contribution in [3.8, 4) is 0 Å². The molecule has 1 heterocycles. The van der Waals surface area contributed by atoms with Gasteiger partial charge < -0.3 is 4.57 Å². The van der Waals surface area contributed by atoms with Crippen molar-refractivity contribution in [2.45, 2.75) is 18.8 Å². The zero-order chi connectivity index (χ0) is 14.0. The average Bonchev–Trinajstić information content (AvgIpc) is 2.67. The van der Waals surface area contributed by atoms with Crippen LogP contribution in [0.25, 0.3) is 11.0 Å². The summed E-state index contributed by atoms with van der Waals surface area (Å²) in [6.07, 6.45) is 2.41. The van der Waals surface area contributed by atoms with Crippen LogP contribution < -0.4 is 0 Å². The highest BCUT2D eigenvalue weighted by molar-refractivity contribution is 7.84. The summed E-state index contributed by atoms with van der Waals surface area (Å²) in [6, 6.07) is 2.86. The van der Waals surface area contributed by atoms with Gasteiger partial charge in [0.25, 0.3) is 0 Å². The summed E-state index contributed by atoms with van der Waals surface area (Å²) in [4.78, 5) is 4.29. The van der Waals surface area contributed by atoms with E-state index in [1.165, 1.54) is 6.07 Å². The van der Waals surface area contributed by atoms with Crippen molar-refractivity contribution in [1.82, 2.24) is 9.55 Å². The van der Waals surface area contributed by atoms with E-state index in [4.69, 9.17) is 23.2 Å². The van der Waals surface area contributed by atoms with E-state index in [2.05, 4.69) is 4.98 Å². The van der Waals surface area contributed by atoms with Crippen molar-refractivity contribution in [3.05, 3.63) is 28.8 Å². The predicted octanol–water partition coefficient (Wildman–Crippen LogP) is 3.34. The Kier molecular flexibility index (Phi) is 4.81. The summed E-state index contributed by atoms with van der Waals surface area (Å²) in [6.45, 7) is 0.639. The van der Waals surface area contributed by atoms with Crippen molar-refractivity contribution in [2.24, 2.45) is 0 Å². The molecule has 0 amide bonds. The lowest BCUT2D eigenvalue weighted by Crippen LogP contribution is -2.06. The third kappa shape index (κ3) is 3.27. The lowest BCUT2D eigenvalue weighted by atomic mass is 10.3. The minimum Gasteiger partial charge on any atom is -0.327 e. The highest BCUT2D eigenvalue weighted by atomic mass is 35.5. The standard InChI is InChI=1S/C12H13Cl2FN2OS/c1-19(18)4-2-3-17-11-5-8(14)9(15)6-10(11)16-12(17)7-13/h5-6H,2-4,7H2,1H3. The fourth-order valence-electron chi connectivity index (χ4n) is 1.95. The fourth-order valence-corrected chi connectivity index (χ4v) is 2.85. The molecule has 0 N–H and O–H groups in total. The maximum absolute atomic E-state index is 13.4. The van der Waals surface area contributed by atoms with Gasteiger partial charge in [0.2, 0.25) is 0 Å². The molecule has 3 nitrogen and oxygen atoms in total. The Morgan fingerprint density at radius 1 is 1.47 bits per heavy atom. The van der Waals surface area contributed by atoms with Crippen LogP contribution in [0.3, 0.4) is 0 Å². The molecule has 7 heteroatoms. The second-order valence-corrected chi connectivity index (χ2v) is 6.43. The highest BCUT2D eigenvalue weighted by Gasteiger charge is 2.13. The van der Waals surface area contributed by atoms with E-state index in [1.807, 2.05) is 4.57 Å². The number of fused-ring (bicyclic) bond motifs is 1. The Balaban J connectivity index is 2.39. The van der Waals surface area contributed by atoms with Gasteiger partial charge in [-0.2, -0.15) is 0 Å². The van der Waals surface area contributed by atoms with E-state index in [9.17, 15) is 8.60 Å². The predicted molar refractivity (Wildman–Crippen MR) is 77.8 cm³/mol. The largest absolute Gasteiger partial charge is 0.327 e. The topological polar surface area (TPSA) is 34.9 Å². The van der Waals surface area contributed by atoms with Gasteiger partial charge in [0.1, 0.15) is 11.6 Å². The molecule has 104 valence electrons. The molecular formula is C12H13Cl2FN2OS. The van der Waals surface area contributed by atoms with Crippen molar-refractivity contribution in [1.29, 1.82) is 0 Å². The third-order valence-corrected chi connectivity index (χ3v) is 4.19. The second kappa shape index (κ2) is 6.20. The number of aromatic nitrogens is 2. The fraction of sp³-hybridized carbons (Fsp3) is 0.417. The smallest absolute Gasteiger partial charge is 0.144 e. The van der Waals surface area contributed by atoms with E-state index in [-0.39, 0.29) is 10.9 Å². The van der Waals surface area contributed by atoms with Crippen molar-refractivity contribution in [3.63, 3.8) is 0 Å². The first-order valence-corrected chi connectivity index (χ1v) is 8.37. The van der Waals surface area contributed by atoms with E-state index in [0.29, 0.717) is 23.6 Å². The van der Waals surface area contributed by atoms with Gasteiger partial charge in [0, 0.05) is 35.4 Å². The number of aryl methyl sites for hydroxylation is 1. The van der Waals surface area contributed by atoms with Crippen LogP contribution in [0.1, 0.15) is 12.2 Å². The van der Waals surface area contributed by atoms with Gasteiger partial charge >= 0.3 is 0 Å². The maximum Gasteiger partial charge on any atom is 0.144 e. The number of hydrogen-bond acceptors (Lipinski definition) is 2. The van der Waals surface area contributed by atoms with Gasteiger partial charge in [-0.15, -0.1) is 11.6 Å². The van der Waals surface area contributed by atoms with Crippen LogP contribution in [0.15, 0.2) is 12.1 Å². The summed E-state index contributed by atoms with van der Waals surface area (Å²) in [5, 5.41) is 0.0637. The summed E-state index contributed by atoms with van der Waals surface area (Å²) in [7, 11) is -0.830. The molecule has 0 fully saturated rings. The molecular weight excluding hydrogens is 310 g/mol. The van der Waals surface area contributed by atoms with Crippen LogP contribution >= 0.6 is 23.2 Å². The van der Waals surface area contributed by atoms with Crippen molar-refractivity contribution < 1.29 is 8.60 Å². The van der Waals surface area contributed by atoms with Crippen molar-refractivity contribution >= 4 is 45.0 Å². The zero-order valence-electron chi connectivity index (χ0n) is 10.3. The number of rotatable bonds is 5. The average molecular weight is 323 g/mol. The molecule has 0 bridgehead atoms. The summed E-state index contributed by atoms with van der Waals surface area (Å²) >= 11 is 11.7. The number of nitrogens with zero attached hydrogens (tertiary/aromatic N) is 2. The number of alkyl halides is 1. The van der Waals surface area contributed by atoms with Gasteiger partial charge in [-0.1, -0.05) is 11.6 Å². The van der Waals surface area contributed by atoms with E-state index < -0.39 is 16.6 Å². The maximum atomic E-state index is 13.4. The first-order chi connectivity index (χ1) is 9.02. The van der Waals surface area contributed by atoms with Crippen molar-refractivity contribution in [2.75, 3.05) is 12.0 Å². The monoisotopic (exact) mass is 322 g/mol. The van der Waals surface area contributed by atoms with Gasteiger partial charge in [-0.05, 0) is 12.5 Å². The van der Waals surface area contributed by atoms with Crippen LogP contribution in [0.4, 0.5) is 4.39 Å². The Morgan fingerprint density at radius 3 is 2.84 bits per heavy atom. The summed E-state index contributed by atoms with van der Waals surface area (Å²) in [5.41, 5.74) is 1.29. The first kappa shape index (κ1) is 14.8. The summed E-state index contributed by atoms with van der Waals surface area (Å²) < 4.78 is 26.4. The molecule has 0 saturated carbocycles. The molecule has 0 aliphatic carbocycles. The Hall–Kier alpha value is -0.650. The highest BCUT2D eigenvalue weighted by Crippen LogP contribution is 2.24. The normalized spacial score (nSPS) is 13.1. The first-order valence-electron chi connectivity index (χ1n) is 5.73. The van der Waals surface area contributed by atoms with Gasteiger partial charge in [0.05, 0.1) is 21.9 Å². The van der Waals surface area contributed by atoms with Gasteiger partial charge in [-0.3, -0.25) is 4.21 Å². The molecule has 0 aliphatic heterocycles. The molecule has 1 aromatic carbocycles. The van der Waals surface area contributed by atoms with E-state index >= 15 is 0 Å². The molecule has 2 rings (SSSR count). The molecule has 19 heavy (non-hydrogen) atoms. The number of benzene rings is 1. The number of hydrogen-bond donors (Lipinski definition) is 0. The molecule has 0 radical (unpaired) electrons. The van der Waals surface area contributed by atoms with Crippen LogP contribution in [0, 0.1) is 5.82 Å². The lowest BCUT2D eigenvalue weighted by molar-refractivity contribution is 0.629. The molecule has 1 aromatic heterocycles. The minimum atomic E-state index is -0.830. The Morgan fingerprint density at radius 2 is 2.21 bits per heavy atom. The third-order valence-electron chi connectivity index (χ3n) is 2.80. The second-order valence-electron chi connectivity index (χ2n) is 4.20. The van der Waals surface area contributed by atoms with E-state index in [1.54, 1.807) is 12.3 Å². The molecule has 0 aliphatic rings. The van der Waals surface area contributed by atoms with Crippen LogP contribution in [-0.2, 0) is 23.2 Å². The molecule has 2 aromatic rings. The SMILES string of the molecule is CS(=O)CCCn1c(CCl)nc2cc(F)c(Cl)cc21. The molecule has 1 unspecified atom stereocenters. The van der Waals surface area contributed by atoms with Gasteiger partial charge in [0.15, 0.2) is 0 Å².